The summed E-state index contributed by atoms with van der Waals surface area (Å²) < 4.78 is 5.54. The van der Waals surface area contributed by atoms with Crippen LogP contribution in [-0.4, -0.2) is 79.3 Å². The first kappa shape index (κ1) is 25.5. The largest absolute Gasteiger partial charge is 0.444 e. The molecule has 0 aromatic heterocycles. The standard InChI is InChI=1S/C22H41N5O2.HI/c1-22(2,3)29-21(28)27-13-5-6-17(16-27)9-12-24-20(23-4)25-18-10-14-26(15-11-18)19-7-8-19;/h17-19H,5-16H2,1-4H3,(H2,23,24,25);1H. The fourth-order valence-corrected chi connectivity index (χ4v) is 4.42. The number of hydrogen-bond donors (Lipinski definition) is 2. The van der Waals surface area contributed by atoms with E-state index in [1.165, 1.54) is 45.2 Å². The summed E-state index contributed by atoms with van der Waals surface area (Å²) in [5.74, 6) is 1.43. The summed E-state index contributed by atoms with van der Waals surface area (Å²) in [6.07, 6.45) is 8.28. The van der Waals surface area contributed by atoms with Gasteiger partial charge in [-0.15, -0.1) is 24.0 Å². The molecule has 2 N–H and O–H groups in total. The second-order valence-electron chi connectivity index (χ2n) is 9.91. The Labute approximate surface area is 199 Å². The van der Waals surface area contributed by atoms with Crippen LogP contribution in [0.1, 0.15) is 65.7 Å². The molecule has 174 valence electrons. The van der Waals surface area contributed by atoms with E-state index in [4.69, 9.17) is 4.74 Å². The minimum absolute atomic E-state index is 0. The smallest absolute Gasteiger partial charge is 0.410 e. The lowest BCUT2D eigenvalue weighted by atomic mass is 9.95. The van der Waals surface area contributed by atoms with Gasteiger partial charge in [-0.1, -0.05) is 0 Å². The van der Waals surface area contributed by atoms with E-state index in [0.29, 0.717) is 12.0 Å². The van der Waals surface area contributed by atoms with Crippen molar-refractivity contribution >= 4 is 36.0 Å². The van der Waals surface area contributed by atoms with E-state index >= 15 is 0 Å². The number of carbonyl (C=O) groups excluding carboxylic acids is 1. The van der Waals surface area contributed by atoms with Crippen LogP contribution in [0.25, 0.3) is 0 Å². The highest BCUT2D eigenvalue weighted by Crippen LogP contribution is 2.29. The van der Waals surface area contributed by atoms with Gasteiger partial charge in [0.1, 0.15) is 5.60 Å². The summed E-state index contributed by atoms with van der Waals surface area (Å²) in [5.41, 5.74) is -0.432. The Bertz CT molecular complexity index is 568. The lowest BCUT2D eigenvalue weighted by Crippen LogP contribution is -2.49. The molecule has 2 saturated heterocycles. The van der Waals surface area contributed by atoms with E-state index in [0.717, 1.165) is 44.5 Å². The third kappa shape index (κ3) is 8.40. The third-order valence-electron chi connectivity index (χ3n) is 6.17. The van der Waals surface area contributed by atoms with Gasteiger partial charge in [0.2, 0.25) is 0 Å². The van der Waals surface area contributed by atoms with Crippen molar-refractivity contribution in [2.45, 2.75) is 83.4 Å². The Hall–Kier alpha value is -0.770. The molecule has 2 heterocycles. The van der Waals surface area contributed by atoms with E-state index in [1.54, 1.807) is 0 Å². The highest BCUT2D eigenvalue weighted by Gasteiger charge is 2.32. The number of nitrogens with zero attached hydrogens (tertiary/aromatic N) is 3. The summed E-state index contributed by atoms with van der Waals surface area (Å²) in [6, 6.07) is 1.40. The van der Waals surface area contributed by atoms with Crippen LogP contribution in [0.15, 0.2) is 4.99 Å². The Morgan fingerprint density at radius 1 is 1.10 bits per heavy atom. The number of aliphatic imine (C=N–C) groups is 1. The Balaban J connectivity index is 0.00000320. The molecule has 0 aromatic carbocycles. The lowest BCUT2D eigenvalue weighted by Gasteiger charge is -2.34. The molecule has 3 fully saturated rings. The molecule has 1 atom stereocenters. The molecule has 7 nitrogen and oxygen atoms in total. The van der Waals surface area contributed by atoms with Crippen molar-refractivity contribution < 1.29 is 9.53 Å². The molecule has 0 aromatic rings. The van der Waals surface area contributed by atoms with Crippen LogP contribution in [0.4, 0.5) is 4.79 Å². The monoisotopic (exact) mass is 535 g/mol. The van der Waals surface area contributed by atoms with Gasteiger partial charge >= 0.3 is 6.09 Å². The van der Waals surface area contributed by atoms with Gasteiger partial charge in [0.05, 0.1) is 0 Å². The number of likely N-dealkylation sites (tertiary alicyclic amines) is 2. The molecule has 1 unspecified atom stereocenters. The normalized spacial score (nSPS) is 24.2. The zero-order chi connectivity index (χ0) is 20.9. The van der Waals surface area contributed by atoms with Crippen molar-refractivity contribution in [3.8, 4) is 0 Å². The van der Waals surface area contributed by atoms with Crippen molar-refractivity contribution in [2.24, 2.45) is 10.9 Å². The number of nitrogens with one attached hydrogen (secondary N) is 2. The number of hydrogen-bond acceptors (Lipinski definition) is 4. The number of ether oxygens (including phenoxy) is 1. The fraction of sp³-hybridized carbons (Fsp3) is 0.909. The number of guanidine groups is 1. The molecular weight excluding hydrogens is 493 g/mol. The van der Waals surface area contributed by atoms with E-state index in [-0.39, 0.29) is 30.1 Å². The molecule has 0 bridgehead atoms. The van der Waals surface area contributed by atoms with Crippen LogP contribution in [0.5, 0.6) is 0 Å². The molecule has 0 radical (unpaired) electrons. The molecule has 8 heteroatoms. The topological polar surface area (TPSA) is 69.2 Å². The summed E-state index contributed by atoms with van der Waals surface area (Å²) in [5, 5.41) is 7.09. The molecule has 1 saturated carbocycles. The average molecular weight is 536 g/mol. The number of amides is 1. The maximum Gasteiger partial charge on any atom is 0.410 e. The Morgan fingerprint density at radius 2 is 1.80 bits per heavy atom. The number of carbonyl (C=O) groups is 1. The van der Waals surface area contributed by atoms with Gasteiger partial charge in [-0.2, -0.15) is 0 Å². The van der Waals surface area contributed by atoms with Gasteiger partial charge < -0.3 is 25.2 Å². The van der Waals surface area contributed by atoms with Crippen LogP contribution in [0.3, 0.4) is 0 Å². The predicted octanol–water partition coefficient (Wildman–Crippen LogP) is 3.43. The van der Waals surface area contributed by atoms with Gasteiger partial charge in [-0.05, 0) is 71.6 Å². The summed E-state index contributed by atoms with van der Waals surface area (Å²) in [7, 11) is 1.85. The van der Waals surface area contributed by atoms with Crippen molar-refractivity contribution in [2.75, 3.05) is 39.8 Å². The maximum atomic E-state index is 12.3. The summed E-state index contributed by atoms with van der Waals surface area (Å²) >= 11 is 0. The second kappa shape index (κ2) is 11.7. The van der Waals surface area contributed by atoms with Gasteiger partial charge in [0.15, 0.2) is 5.96 Å². The molecule has 2 aliphatic heterocycles. The van der Waals surface area contributed by atoms with E-state index in [9.17, 15) is 4.79 Å². The number of rotatable bonds is 5. The third-order valence-corrected chi connectivity index (χ3v) is 6.17. The van der Waals surface area contributed by atoms with Gasteiger partial charge in [-0.25, -0.2) is 4.79 Å². The van der Waals surface area contributed by atoms with Crippen LogP contribution in [0, 0.1) is 5.92 Å². The van der Waals surface area contributed by atoms with Crippen LogP contribution < -0.4 is 10.6 Å². The SMILES string of the molecule is CN=C(NCCC1CCCN(C(=O)OC(C)(C)C)C1)NC1CCN(C2CC2)CC1.I. The zero-order valence-electron chi connectivity index (χ0n) is 19.3. The molecule has 0 spiro atoms. The molecule has 1 amide bonds. The van der Waals surface area contributed by atoms with Gasteiger partial charge in [0, 0.05) is 51.9 Å². The first-order valence-electron chi connectivity index (χ1n) is 11.5. The van der Waals surface area contributed by atoms with Crippen LogP contribution in [-0.2, 0) is 4.74 Å². The van der Waals surface area contributed by atoms with E-state index in [2.05, 4.69) is 20.5 Å². The average Bonchev–Trinajstić information content (AvgIpc) is 3.52. The van der Waals surface area contributed by atoms with E-state index < -0.39 is 5.60 Å². The van der Waals surface area contributed by atoms with Crippen molar-refractivity contribution in [1.82, 2.24) is 20.4 Å². The Morgan fingerprint density at radius 3 is 2.40 bits per heavy atom. The molecular formula is C22H42IN5O2. The summed E-state index contributed by atoms with van der Waals surface area (Å²) in [6.45, 7) is 10.7. The number of halogens is 1. The summed E-state index contributed by atoms with van der Waals surface area (Å²) in [4.78, 5) is 21.3. The molecule has 1 aliphatic carbocycles. The minimum Gasteiger partial charge on any atom is -0.444 e. The number of piperidine rings is 2. The molecule has 30 heavy (non-hydrogen) atoms. The zero-order valence-corrected chi connectivity index (χ0v) is 21.6. The minimum atomic E-state index is -0.432. The fourth-order valence-electron chi connectivity index (χ4n) is 4.42. The van der Waals surface area contributed by atoms with Crippen molar-refractivity contribution in [3.63, 3.8) is 0 Å². The highest BCUT2D eigenvalue weighted by atomic mass is 127. The quantitative estimate of drug-likeness (QED) is 0.321. The Kier molecular flexibility index (Phi) is 9.97. The van der Waals surface area contributed by atoms with Crippen molar-refractivity contribution in [3.05, 3.63) is 0 Å². The first-order valence-corrected chi connectivity index (χ1v) is 11.5. The van der Waals surface area contributed by atoms with Crippen molar-refractivity contribution in [1.29, 1.82) is 0 Å². The van der Waals surface area contributed by atoms with Gasteiger partial charge in [-0.3, -0.25) is 4.99 Å². The first-order chi connectivity index (χ1) is 13.8. The highest BCUT2D eigenvalue weighted by molar-refractivity contribution is 14.0. The van der Waals surface area contributed by atoms with Gasteiger partial charge in [0.25, 0.3) is 0 Å². The second-order valence-corrected chi connectivity index (χ2v) is 9.91. The van der Waals surface area contributed by atoms with Crippen LogP contribution >= 0.6 is 24.0 Å². The maximum absolute atomic E-state index is 12.3. The molecule has 3 rings (SSSR count). The van der Waals surface area contributed by atoms with E-state index in [1.807, 2.05) is 32.7 Å². The van der Waals surface area contributed by atoms with Crippen LogP contribution in [0.2, 0.25) is 0 Å². The predicted molar refractivity (Wildman–Crippen MR) is 133 cm³/mol. The lowest BCUT2D eigenvalue weighted by molar-refractivity contribution is 0.0162. The molecule has 3 aliphatic rings.